The molecule has 2 rings (SSSR count). The minimum Gasteiger partial charge on any atom is -0.383 e. The molecule has 0 heterocycles. The fourth-order valence-corrected chi connectivity index (χ4v) is 1.79. The maximum atomic E-state index is 5.83. The lowest BCUT2D eigenvalue weighted by molar-refractivity contribution is 0.898. The summed E-state index contributed by atoms with van der Waals surface area (Å²) in [5.41, 5.74) is 8.41. The van der Waals surface area contributed by atoms with Gasteiger partial charge in [0.05, 0.1) is 0 Å². The molecule has 1 unspecified atom stereocenters. The average Bonchev–Trinajstić information content (AvgIpc) is 2.82. The summed E-state index contributed by atoms with van der Waals surface area (Å²) in [4.78, 5) is 0. The third kappa shape index (κ3) is 2.07. The minimum atomic E-state index is 0.393. The van der Waals surface area contributed by atoms with Crippen LogP contribution in [0.25, 0.3) is 0 Å². The van der Waals surface area contributed by atoms with Gasteiger partial charge in [-0.05, 0) is 38.0 Å². The predicted octanol–water partition coefficient (Wildman–Crippen LogP) is 2.32. The van der Waals surface area contributed by atoms with Gasteiger partial charge in [0.1, 0.15) is 0 Å². The average molecular weight is 190 g/mol. The van der Waals surface area contributed by atoms with Crippen LogP contribution in [0.1, 0.15) is 31.7 Å². The van der Waals surface area contributed by atoms with E-state index in [2.05, 4.69) is 43.4 Å². The summed E-state index contributed by atoms with van der Waals surface area (Å²) in [6, 6.07) is 9.48. The molecule has 1 aromatic rings. The minimum absolute atomic E-state index is 0.393. The molecule has 0 bridgehead atoms. The molecule has 0 aliphatic heterocycles. The van der Waals surface area contributed by atoms with Crippen molar-refractivity contribution in [2.24, 2.45) is 5.73 Å². The van der Waals surface area contributed by atoms with Crippen molar-refractivity contribution < 1.29 is 0 Å². The molecule has 76 valence electrons. The molecule has 0 amide bonds. The van der Waals surface area contributed by atoms with E-state index in [4.69, 9.17) is 5.73 Å². The summed E-state index contributed by atoms with van der Waals surface area (Å²) in [5, 5.41) is 3.40. The van der Waals surface area contributed by atoms with E-state index in [0.29, 0.717) is 18.0 Å². The van der Waals surface area contributed by atoms with Crippen molar-refractivity contribution in [2.75, 3.05) is 5.32 Å². The Balaban J connectivity index is 2.11. The van der Waals surface area contributed by atoms with Crippen LogP contribution >= 0.6 is 0 Å². The zero-order valence-electron chi connectivity index (χ0n) is 8.83. The summed E-state index contributed by atoms with van der Waals surface area (Å²) in [7, 11) is 0. The lowest BCUT2D eigenvalue weighted by Crippen LogP contribution is -2.09. The van der Waals surface area contributed by atoms with Gasteiger partial charge in [0.15, 0.2) is 0 Å². The Morgan fingerprint density at radius 3 is 2.71 bits per heavy atom. The van der Waals surface area contributed by atoms with Crippen molar-refractivity contribution in [3.05, 3.63) is 29.8 Å². The van der Waals surface area contributed by atoms with Crippen molar-refractivity contribution in [2.45, 2.75) is 38.3 Å². The third-order valence-corrected chi connectivity index (χ3v) is 2.61. The Morgan fingerprint density at radius 2 is 2.14 bits per heavy atom. The molecule has 3 N–H and O–H groups in total. The van der Waals surface area contributed by atoms with E-state index >= 15 is 0 Å². The summed E-state index contributed by atoms with van der Waals surface area (Å²) >= 11 is 0. The van der Waals surface area contributed by atoms with Gasteiger partial charge >= 0.3 is 0 Å². The quantitative estimate of drug-likeness (QED) is 0.767. The molecule has 0 spiro atoms. The van der Waals surface area contributed by atoms with Gasteiger partial charge in [0.25, 0.3) is 0 Å². The molecule has 2 nitrogen and oxygen atoms in total. The Morgan fingerprint density at radius 1 is 1.43 bits per heavy atom. The third-order valence-electron chi connectivity index (χ3n) is 2.61. The van der Waals surface area contributed by atoms with E-state index in [9.17, 15) is 0 Å². The standard InChI is InChI=1S/C12H18N2/c1-8(2)14-10-5-3-4-9(6-10)11-7-12(11)13/h3-6,8,11-12,14H,7,13H2,1-2H3/t11-,12?/m0/s1. The van der Waals surface area contributed by atoms with Crippen LogP contribution in [-0.2, 0) is 0 Å². The van der Waals surface area contributed by atoms with Crippen molar-refractivity contribution in [1.29, 1.82) is 0 Å². The Labute approximate surface area is 85.5 Å². The number of nitrogens with one attached hydrogen (secondary N) is 1. The SMILES string of the molecule is CC(C)Nc1cccc([C@@H]2CC2N)c1. The summed E-state index contributed by atoms with van der Waals surface area (Å²) < 4.78 is 0. The first-order chi connectivity index (χ1) is 6.66. The van der Waals surface area contributed by atoms with Crippen molar-refractivity contribution in [1.82, 2.24) is 0 Å². The van der Waals surface area contributed by atoms with E-state index in [1.165, 1.54) is 11.3 Å². The molecular formula is C12H18N2. The van der Waals surface area contributed by atoms with Gasteiger partial charge in [-0.15, -0.1) is 0 Å². The van der Waals surface area contributed by atoms with Gasteiger partial charge in [0, 0.05) is 23.7 Å². The molecule has 1 aromatic carbocycles. The van der Waals surface area contributed by atoms with Crippen LogP contribution in [0.4, 0.5) is 5.69 Å². The largest absolute Gasteiger partial charge is 0.383 e. The highest BCUT2D eigenvalue weighted by molar-refractivity contribution is 5.48. The molecule has 2 atom stereocenters. The molecule has 14 heavy (non-hydrogen) atoms. The molecule has 0 aromatic heterocycles. The molecule has 0 saturated heterocycles. The van der Waals surface area contributed by atoms with Gasteiger partial charge in [-0.3, -0.25) is 0 Å². The normalized spacial score (nSPS) is 25.1. The van der Waals surface area contributed by atoms with E-state index in [1.54, 1.807) is 0 Å². The van der Waals surface area contributed by atoms with Crippen LogP contribution in [-0.4, -0.2) is 12.1 Å². The zero-order chi connectivity index (χ0) is 10.1. The van der Waals surface area contributed by atoms with Crippen LogP contribution in [0, 0.1) is 0 Å². The molecule has 1 fully saturated rings. The van der Waals surface area contributed by atoms with E-state index < -0.39 is 0 Å². The van der Waals surface area contributed by atoms with E-state index in [-0.39, 0.29) is 0 Å². The van der Waals surface area contributed by atoms with Crippen LogP contribution in [0.3, 0.4) is 0 Å². The molecule has 0 radical (unpaired) electrons. The zero-order valence-corrected chi connectivity index (χ0v) is 8.83. The Kier molecular flexibility index (Phi) is 2.46. The molecular weight excluding hydrogens is 172 g/mol. The first kappa shape index (κ1) is 9.53. The fourth-order valence-electron chi connectivity index (χ4n) is 1.79. The van der Waals surface area contributed by atoms with Gasteiger partial charge in [-0.2, -0.15) is 0 Å². The predicted molar refractivity (Wildman–Crippen MR) is 60.5 cm³/mol. The van der Waals surface area contributed by atoms with Crippen LogP contribution < -0.4 is 11.1 Å². The number of benzene rings is 1. The lowest BCUT2D eigenvalue weighted by Gasteiger charge is -2.10. The summed E-state index contributed by atoms with van der Waals surface area (Å²) in [6.07, 6.45) is 1.14. The second-order valence-electron chi connectivity index (χ2n) is 4.43. The second kappa shape index (κ2) is 3.62. The monoisotopic (exact) mass is 190 g/mol. The van der Waals surface area contributed by atoms with E-state index in [0.717, 1.165) is 6.42 Å². The summed E-state index contributed by atoms with van der Waals surface area (Å²) in [6.45, 7) is 4.30. The number of hydrogen-bond donors (Lipinski definition) is 2. The van der Waals surface area contributed by atoms with Gasteiger partial charge in [0.2, 0.25) is 0 Å². The van der Waals surface area contributed by atoms with Gasteiger partial charge in [-0.1, -0.05) is 12.1 Å². The van der Waals surface area contributed by atoms with Gasteiger partial charge in [-0.25, -0.2) is 0 Å². The highest BCUT2D eigenvalue weighted by Gasteiger charge is 2.34. The fraction of sp³-hybridized carbons (Fsp3) is 0.500. The molecule has 2 heteroatoms. The lowest BCUT2D eigenvalue weighted by atomic mass is 10.1. The van der Waals surface area contributed by atoms with Crippen LogP contribution in [0.5, 0.6) is 0 Å². The van der Waals surface area contributed by atoms with Crippen LogP contribution in [0.15, 0.2) is 24.3 Å². The Bertz CT molecular complexity index is 320. The first-order valence-electron chi connectivity index (χ1n) is 5.29. The highest BCUT2D eigenvalue weighted by atomic mass is 14.9. The second-order valence-corrected chi connectivity index (χ2v) is 4.43. The number of rotatable bonds is 3. The maximum Gasteiger partial charge on any atom is 0.0344 e. The van der Waals surface area contributed by atoms with Crippen molar-refractivity contribution in [3.8, 4) is 0 Å². The molecule has 1 aliphatic carbocycles. The number of anilines is 1. The topological polar surface area (TPSA) is 38.0 Å². The van der Waals surface area contributed by atoms with Gasteiger partial charge < -0.3 is 11.1 Å². The van der Waals surface area contributed by atoms with Crippen LogP contribution in [0.2, 0.25) is 0 Å². The smallest absolute Gasteiger partial charge is 0.0344 e. The first-order valence-corrected chi connectivity index (χ1v) is 5.29. The molecule has 1 aliphatic rings. The summed E-state index contributed by atoms with van der Waals surface area (Å²) in [5.74, 6) is 0.601. The highest BCUT2D eigenvalue weighted by Crippen LogP contribution is 2.39. The van der Waals surface area contributed by atoms with E-state index in [1.807, 2.05) is 0 Å². The maximum absolute atomic E-state index is 5.83. The molecule has 1 saturated carbocycles. The Hall–Kier alpha value is -1.02. The number of hydrogen-bond acceptors (Lipinski definition) is 2. The van der Waals surface area contributed by atoms with Crippen molar-refractivity contribution >= 4 is 5.69 Å². The number of nitrogens with two attached hydrogens (primary N) is 1. The van der Waals surface area contributed by atoms with Crippen molar-refractivity contribution in [3.63, 3.8) is 0 Å².